The van der Waals surface area contributed by atoms with E-state index in [1.807, 2.05) is 0 Å². The summed E-state index contributed by atoms with van der Waals surface area (Å²) in [6.07, 6.45) is 0. The number of aromatic nitrogens is 2. The van der Waals surface area contributed by atoms with Gasteiger partial charge >= 0.3 is 0 Å². The first-order chi connectivity index (χ1) is 9.06. The smallest absolute Gasteiger partial charge is 0.137 e. The van der Waals surface area contributed by atoms with E-state index in [0.717, 1.165) is 11.3 Å². The molecule has 19 heavy (non-hydrogen) atoms. The molecule has 0 aliphatic rings. The van der Waals surface area contributed by atoms with Crippen molar-refractivity contribution in [3.8, 4) is 11.3 Å². The fourth-order valence-corrected chi connectivity index (χ4v) is 2.82. The molecular weight excluding hydrogens is 232 g/mol. The summed E-state index contributed by atoms with van der Waals surface area (Å²) in [5, 5.41) is 0. The summed E-state index contributed by atoms with van der Waals surface area (Å²) >= 11 is 0. The number of imidazole rings is 1. The van der Waals surface area contributed by atoms with E-state index in [1.165, 1.54) is 28.1 Å². The second kappa shape index (κ2) is 4.23. The molecule has 0 N–H and O–H groups in total. The first-order valence-corrected chi connectivity index (χ1v) is 6.59. The maximum atomic E-state index is 4.67. The highest BCUT2D eigenvalue weighted by Gasteiger charge is 2.12. The number of pyridine rings is 1. The van der Waals surface area contributed by atoms with Gasteiger partial charge in [-0.1, -0.05) is 23.3 Å². The number of rotatable bonds is 1. The maximum absolute atomic E-state index is 4.67. The van der Waals surface area contributed by atoms with Crippen molar-refractivity contribution < 1.29 is 0 Å². The van der Waals surface area contributed by atoms with Crippen molar-refractivity contribution >= 4 is 5.65 Å². The van der Waals surface area contributed by atoms with Gasteiger partial charge in [-0.15, -0.1) is 0 Å². The van der Waals surface area contributed by atoms with Gasteiger partial charge in [0.15, 0.2) is 0 Å². The lowest BCUT2D eigenvalue weighted by atomic mass is 10.0. The Labute approximate surface area is 113 Å². The highest BCUT2D eigenvalue weighted by molar-refractivity contribution is 5.69. The van der Waals surface area contributed by atoms with Gasteiger partial charge in [-0.05, 0) is 52.0 Å². The second-order valence-electron chi connectivity index (χ2n) is 5.28. The van der Waals surface area contributed by atoms with Crippen LogP contribution in [0.4, 0.5) is 0 Å². The Kier molecular flexibility index (Phi) is 2.67. The summed E-state index contributed by atoms with van der Waals surface area (Å²) < 4.78 is 2.24. The molecule has 0 atom stereocenters. The summed E-state index contributed by atoms with van der Waals surface area (Å²) in [6, 6.07) is 12.9. The molecule has 1 aromatic carbocycles. The van der Waals surface area contributed by atoms with Crippen molar-refractivity contribution in [2.24, 2.45) is 0 Å². The van der Waals surface area contributed by atoms with Gasteiger partial charge in [0.25, 0.3) is 0 Å². The Bertz CT molecular complexity index is 746. The number of benzene rings is 1. The highest BCUT2D eigenvalue weighted by atomic mass is 15.0. The highest BCUT2D eigenvalue weighted by Crippen LogP contribution is 2.27. The van der Waals surface area contributed by atoms with Crippen molar-refractivity contribution in [3.63, 3.8) is 0 Å². The van der Waals surface area contributed by atoms with Gasteiger partial charge in [0.1, 0.15) is 5.65 Å². The lowest BCUT2D eigenvalue weighted by Gasteiger charge is -2.08. The van der Waals surface area contributed by atoms with Gasteiger partial charge in [0.2, 0.25) is 0 Å². The van der Waals surface area contributed by atoms with Crippen LogP contribution in [0.1, 0.15) is 22.5 Å². The van der Waals surface area contributed by atoms with Gasteiger partial charge in [-0.3, -0.25) is 4.40 Å². The Morgan fingerprint density at radius 1 is 0.895 bits per heavy atom. The van der Waals surface area contributed by atoms with E-state index in [0.29, 0.717) is 0 Å². The minimum atomic E-state index is 1.02. The van der Waals surface area contributed by atoms with E-state index < -0.39 is 0 Å². The molecule has 2 heterocycles. The molecule has 0 bridgehead atoms. The molecule has 2 heteroatoms. The molecule has 96 valence electrons. The Morgan fingerprint density at radius 2 is 1.58 bits per heavy atom. The average Bonchev–Trinajstić information content (AvgIpc) is 2.65. The van der Waals surface area contributed by atoms with Crippen LogP contribution in [0.3, 0.4) is 0 Å². The topological polar surface area (TPSA) is 17.3 Å². The molecule has 0 aliphatic heterocycles. The van der Waals surface area contributed by atoms with Crippen molar-refractivity contribution in [3.05, 3.63) is 58.9 Å². The molecule has 0 radical (unpaired) electrons. The van der Waals surface area contributed by atoms with E-state index in [1.54, 1.807) is 0 Å². The van der Waals surface area contributed by atoms with Gasteiger partial charge in [-0.25, -0.2) is 4.98 Å². The predicted molar refractivity (Wildman–Crippen MR) is 79.6 cm³/mol. The molecule has 3 rings (SSSR count). The number of hydrogen-bond acceptors (Lipinski definition) is 1. The summed E-state index contributed by atoms with van der Waals surface area (Å²) in [5.74, 6) is 0. The van der Waals surface area contributed by atoms with E-state index >= 15 is 0 Å². The standard InChI is InChI=1S/C17H18N2/c1-11-8-12(2)10-15(9-11)17-14(4)18-16-7-5-6-13(3)19(16)17/h5-10H,1-4H3. The zero-order chi connectivity index (χ0) is 13.6. The third-order valence-corrected chi connectivity index (χ3v) is 3.51. The van der Waals surface area contributed by atoms with Crippen molar-refractivity contribution in [1.29, 1.82) is 0 Å². The first kappa shape index (κ1) is 12.0. The quantitative estimate of drug-likeness (QED) is 0.631. The molecule has 0 saturated heterocycles. The molecular formula is C17H18N2. The summed E-state index contributed by atoms with van der Waals surface area (Å²) in [4.78, 5) is 4.67. The summed E-state index contributed by atoms with van der Waals surface area (Å²) in [5.41, 5.74) is 8.35. The van der Waals surface area contributed by atoms with E-state index in [9.17, 15) is 0 Å². The number of fused-ring (bicyclic) bond motifs is 1. The van der Waals surface area contributed by atoms with Crippen molar-refractivity contribution in [1.82, 2.24) is 9.38 Å². The largest absolute Gasteiger partial charge is 0.297 e. The molecule has 0 saturated carbocycles. The summed E-state index contributed by atoms with van der Waals surface area (Å²) in [7, 11) is 0. The molecule has 2 aromatic heterocycles. The molecule has 0 spiro atoms. The SMILES string of the molecule is Cc1cc(C)cc(-c2c(C)nc3cccc(C)n23)c1. The second-order valence-corrected chi connectivity index (χ2v) is 5.28. The van der Waals surface area contributed by atoms with Crippen LogP contribution >= 0.6 is 0 Å². The Balaban J connectivity index is 2.38. The van der Waals surface area contributed by atoms with Crippen LogP contribution in [0.15, 0.2) is 36.4 Å². The fraction of sp³-hybridized carbons (Fsp3) is 0.235. The van der Waals surface area contributed by atoms with Crippen molar-refractivity contribution in [2.45, 2.75) is 27.7 Å². The average molecular weight is 250 g/mol. The minimum absolute atomic E-state index is 1.02. The first-order valence-electron chi connectivity index (χ1n) is 6.59. The van der Waals surface area contributed by atoms with E-state index in [-0.39, 0.29) is 0 Å². The van der Waals surface area contributed by atoms with Crippen LogP contribution in [0, 0.1) is 27.7 Å². The Morgan fingerprint density at radius 3 is 2.26 bits per heavy atom. The van der Waals surface area contributed by atoms with Crippen LogP contribution in [0.25, 0.3) is 16.9 Å². The molecule has 3 aromatic rings. The minimum Gasteiger partial charge on any atom is -0.297 e. The van der Waals surface area contributed by atoms with Crippen LogP contribution in [0.5, 0.6) is 0 Å². The number of nitrogens with zero attached hydrogens (tertiary/aromatic N) is 2. The fourth-order valence-electron chi connectivity index (χ4n) is 2.82. The lowest BCUT2D eigenvalue weighted by molar-refractivity contribution is 1.10. The van der Waals surface area contributed by atoms with Gasteiger partial charge in [-0.2, -0.15) is 0 Å². The predicted octanol–water partition coefficient (Wildman–Crippen LogP) is 4.23. The van der Waals surface area contributed by atoms with E-state index in [2.05, 4.69) is 73.5 Å². The normalized spacial score (nSPS) is 11.2. The molecule has 0 unspecified atom stereocenters. The maximum Gasteiger partial charge on any atom is 0.137 e. The summed E-state index contributed by atoms with van der Waals surface area (Å²) in [6.45, 7) is 8.49. The van der Waals surface area contributed by atoms with Crippen molar-refractivity contribution in [2.75, 3.05) is 0 Å². The van der Waals surface area contributed by atoms with Crippen LogP contribution in [0.2, 0.25) is 0 Å². The Hall–Kier alpha value is -2.09. The number of hydrogen-bond donors (Lipinski definition) is 0. The van der Waals surface area contributed by atoms with Crippen LogP contribution in [-0.4, -0.2) is 9.38 Å². The third-order valence-electron chi connectivity index (χ3n) is 3.51. The molecule has 0 aliphatic carbocycles. The van der Waals surface area contributed by atoms with Gasteiger partial charge in [0.05, 0.1) is 11.4 Å². The van der Waals surface area contributed by atoms with Crippen LogP contribution < -0.4 is 0 Å². The zero-order valence-corrected chi connectivity index (χ0v) is 11.9. The van der Waals surface area contributed by atoms with E-state index in [4.69, 9.17) is 0 Å². The van der Waals surface area contributed by atoms with Gasteiger partial charge < -0.3 is 0 Å². The molecule has 0 amide bonds. The number of aryl methyl sites for hydroxylation is 4. The third kappa shape index (κ3) is 1.93. The monoisotopic (exact) mass is 250 g/mol. The zero-order valence-electron chi connectivity index (χ0n) is 11.9. The molecule has 0 fully saturated rings. The van der Waals surface area contributed by atoms with Crippen LogP contribution in [-0.2, 0) is 0 Å². The van der Waals surface area contributed by atoms with Gasteiger partial charge in [0, 0.05) is 11.3 Å². The molecule has 2 nitrogen and oxygen atoms in total. The lowest BCUT2D eigenvalue weighted by Crippen LogP contribution is -1.94.